The molecule has 1 atom stereocenters. The average molecular weight is 321 g/mol. The molecule has 2 aromatic rings. The molecule has 24 heavy (non-hydrogen) atoms. The van der Waals surface area contributed by atoms with Crippen LogP contribution in [0.4, 0.5) is 0 Å². The zero-order chi connectivity index (χ0) is 17.3. The number of allylic oxidation sites excluding steroid dienone is 1. The van der Waals surface area contributed by atoms with Gasteiger partial charge in [-0.15, -0.1) is 0 Å². The number of pyridine rings is 1. The Morgan fingerprint density at radius 2 is 2.04 bits per heavy atom. The molecule has 1 aromatic carbocycles. The molecule has 0 fully saturated rings. The van der Waals surface area contributed by atoms with Crippen LogP contribution in [0, 0.1) is 18.3 Å². The molecule has 0 unspecified atom stereocenters. The minimum atomic E-state index is -0.396. The Morgan fingerprint density at radius 1 is 1.33 bits per heavy atom. The second kappa shape index (κ2) is 6.25. The van der Waals surface area contributed by atoms with Gasteiger partial charge in [0.05, 0.1) is 11.1 Å². The Kier molecular flexibility index (Phi) is 4.13. The molecular formula is C19H19N3O2. The minimum Gasteiger partial charge on any atom is -0.440 e. The summed E-state index contributed by atoms with van der Waals surface area (Å²) in [5.74, 6) is 0.144. The fraction of sp³-hybridized carbons (Fsp3) is 0.263. The van der Waals surface area contributed by atoms with Gasteiger partial charge in [-0.3, -0.25) is 4.79 Å². The molecule has 1 aliphatic heterocycles. The van der Waals surface area contributed by atoms with Gasteiger partial charge >= 0.3 is 0 Å². The van der Waals surface area contributed by atoms with Crippen LogP contribution in [0.25, 0.3) is 0 Å². The predicted molar refractivity (Wildman–Crippen MR) is 91.5 cm³/mol. The molecule has 5 heteroatoms. The first-order valence-corrected chi connectivity index (χ1v) is 7.92. The smallest absolute Gasteiger partial charge is 0.258 e. The van der Waals surface area contributed by atoms with Gasteiger partial charge in [-0.05, 0) is 25.8 Å². The third-order valence-electron chi connectivity index (χ3n) is 4.41. The number of rotatable bonds is 3. The first-order chi connectivity index (χ1) is 11.6. The molecule has 0 saturated carbocycles. The zero-order valence-electron chi connectivity index (χ0n) is 13.7. The van der Waals surface area contributed by atoms with Crippen LogP contribution in [0.1, 0.15) is 29.7 Å². The summed E-state index contributed by atoms with van der Waals surface area (Å²) < 4.78 is 7.28. The van der Waals surface area contributed by atoms with Crippen molar-refractivity contribution >= 4 is 0 Å². The lowest BCUT2D eigenvalue weighted by Gasteiger charge is -2.27. The van der Waals surface area contributed by atoms with Crippen molar-refractivity contribution in [1.82, 2.24) is 4.57 Å². The van der Waals surface area contributed by atoms with Gasteiger partial charge in [-0.2, -0.15) is 5.26 Å². The first kappa shape index (κ1) is 15.9. The van der Waals surface area contributed by atoms with E-state index in [2.05, 4.69) is 6.07 Å². The van der Waals surface area contributed by atoms with Gasteiger partial charge in [0.1, 0.15) is 11.8 Å². The molecule has 5 nitrogen and oxygen atoms in total. The van der Waals surface area contributed by atoms with E-state index in [1.165, 1.54) is 0 Å². The van der Waals surface area contributed by atoms with Crippen molar-refractivity contribution in [3.05, 3.63) is 75.0 Å². The number of aromatic nitrogens is 1. The third-order valence-corrected chi connectivity index (χ3v) is 4.41. The lowest BCUT2D eigenvalue weighted by molar-refractivity contribution is 0.382. The van der Waals surface area contributed by atoms with Gasteiger partial charge in [-0.1, -0.05) is 30.3 Å². The predicted octanol–water partition coefficient (Wildman–Crippen LogP) is 2.59. The molecule has 0 bridgehead atoms. The Balaban J connectivity index is 2.20. The highest BCUT2D eigenvalue weighted by molar-refractivity contribution is 5.50. The number of nitrogens with two attached hydrogens (primary N) is 1. The first-order valence-electron chi connectivity index (χ1n) is 7.92. The normalized spacial score (nSPS) is 16.3. The van der Waals surface area contributed by atoms with Crippen molar-refractivity contribution in [2.24, 2.45) is 5.73 Å². The van der Waals surface area contributed by atoms with Crippen molar-refractivity contribution in [2.75, 3.05) is 0 Å². The Hall–Kier alpha value is -3.00. The van der Waals surface area contributed by atoms with Gasteiger partial charge < -0.3 is 15.0 Å². The van der Waals surface area contributed by atoms with Gasteiger partial charge in [0.2, 0.25) is 5.88 Å². The molecule has 3 rings (SSSR count). The molecule has 1 aliphatic rings. The SMILES string of the molecule is CCn1c(C)cc2c(c1=O)[C@H](Cc1ccccc1)C(C#N)=C(N)O2. The number of nitriles is 1. The average Bonchev–Trinajstić information content (AvgIpc) is 2.55. The van der Waals surface area contributed by atoms with Crippen LogP contribution >= 0.6 is 0 Å². The van der Waals surface area contributed by atoms with Gasteiger partial charge in [-0.25, -0.2) is 0 Å². The lowest BCUT2D eigenvalue weighted by atomic mass is 9.85. The molecule has 0 spiro atoms. The van der Waals surface area contributed by atoms with Gasteiger partial charge in [0.15, 0.2) is 0 Å². The highest BCUT2D eigenvalue weighted by Crippen LogP contribution is 2.38. The lowest BCUT2D eigenvalue weighted by Crippen LogP contribution is -2.32. The van der Waals surface area contributed by atoms with Crippen LogP contribution in [0.5, 0.6) is 5.75 Å². The summed E-state index contributed by atoms with van der Waals surface area (Å²) in [5.41, 5.74) is 8.51. The second-order valence-corrected chi connectivity index (χ2v) is 5.85. The van der Waals surface area contributed by atoms with Gasteiger partial charge in [0, 0.05) is 24.2 Å². The number of benzene rings is 1. The second-order valence-electron chi connectivity index (χ2n) is 5.85. The molecule has 0 radical (unpaired) electrons. The fourth-order valence-electron chi connectivity index (χ4n) is 3.23. The summed E-state index contributed by atoms with van der Waals surface area (Å²) >= 11 is 0. The molecule has 0 saturated heterocycles. The van der Waals surface area contributed by atoms with Crippen LogP contribution in [0.3, 0.4) is 0 Å². The van der Waals surface area contributed by atoms with Crippen LogP contribution in [-0.2, 0) is 13.0 Å². The van der Waals surface area contributed by atoms with E-state index in [0.717, 1.165) is 11.3 Å². The summed E-state index contributed by atoms with van der Waals surface area (Å²) in [5, 5.41) is 9.53. The zero-order valence-corrected chi connectivity index (χ0v) is 13.7. The molecular weight excluding hydrogens is 302 g/mol. The van der Waals surface area contributed by atoms with E-state index in [4.69, 9.17) is 10.5 Å². The van der Waals surface area contributed by atoms with Crippen molar-refractivity contribution in [2.45, 2.75) is 32.7 Å². The number of aryl methyl sites for hydroxylation is 1. The van der Waals surface area contributed by atoms with Crippen LogP contribution in [-0.4, -0.2) is 4.57 Å². The quantitative estimate of drug-likeness (QED) is 0.942. The van der Waals surface area contributed by atoms with E-state index in [1.54, 1.807) is 4.57 Å². The van der Waals surface area contributed by atoms with Crippen LogP contribution in [0.15, 0.2) is 52.6 Å². The standard InChI is InChI=1S/C19H19N3O2/c1-3-22-12(2)9-16-17(19(22)23)14(15(11-20)18(21)24-16)10-13-7-5-4-6-8-13/h4-9,14H,3,10,21H2,1-2H3/t14-/m1/s1. The summed E-state index contributed by atoms with van der Waals surface area (Å²) in [6, 6.07) is 13.7. The third kappa shape index (κ3) is 2.56. The van der Waals surface area contributed by atoms with E-state index >= 15 is 0 Å². The van der Waals surface area contributed by atoms with Crippen molar-refractivity contribution in [3.8, 4) is 11.8 Å². The summed E-state index contributed by atoms with van der Waals surface area (Å²) in [6.45, 7) is 4.35. The molecule has 0 aliphatic carbocycles. The molecule has 2 N–H and O–H groups in total. The van der Waals surface area contributed by atoms with Crippen LogP contribution < -0.4 is 16.0 Å². The van der Waals surface area contributed by atoms with Gasteiger partial charge in [0.25, 0.3) is 5.56 Å². The van der Waals surface area contributed by atoms with E-state index in [0.29, 0.717) is 29.9 Å². The molecule has 1 aromatic heterocycles. The Labute approximate surface area is 140 Å². The summed E-state index contributed by atoms with van der Waals surface area (Å²) in [7, 11) is 0. The van der Waals surface area contributed by atoms with Crippen molar-refractivity contribution in [3.63, 3.8) is 0 Å². The molecule has 122 valence electrons. The largest absolute Gasteiger partial charge is 0.440 e. The number of hydrogen-bond acceptors (Lipinski definition) is 4. The van der Waals surface area contributed by atoms with Crippen molar-refractivity contribution < 1.29 is 4.74 Å². The molecule has 2 heterocycles. The van der Waals surface area contributed by atoms with Crippen LogP contribution in [0.2, 0.25) is 0 Å². The Bertz CT molecular complexity index is 905. The van der Waals surface area contributed by atoms with Crippen molar-refractivity contribution in [1.29, 1.82) is 5.26 Å². The topological polar surface area (TPSA) is 81.0 Å². The summed E-state index contributed by atoms with van der Waals surface area (Å²) in [6.07, 6.45) is 0.531. The highest BCUT2D eigenvalue weighted by atomic mass is 16.5. The maximum absolute atomic E-state index is 12.9. The number of ether oxygens (including phenoxy) is 1. The maximum atomic E-state index is 12.9. The monoisotopic (exact) mass is 321 g/mol. The Morgan fingerprint density at radius 3 is 2.67 bits per heavy atom. The maximum Gasteiger partial charge on any atom is 0.258 e. The minimum absolute atomic E-state index is 0.0824. The number of nitrogens with zero attached hydrogens (tertiary/aromatic N) is 2. The number of hydrogen-bond donors (Lipinski definition) is 1. The van der Waals surface area contributed by atoms with E-state index < -0.39 is 5.92 Å². The highest BCUT2D eigenvalue weighted by Gasteiger charge is 2.33. The van der Waals surface area contributed by atoms with E-state index in [9.17, 15) is 10.1 Å². The molecule has 0 amide bonds. The number of fused-ring (bicyclic) bond motifs is 1. The van der Waals surface area contributed by atoms with E-state index in [1.807, 2.05) is 50.2 Å². The van der Waals surface area contributed by atoms with E-state index in [-0.39, 0.29) is 11.4 Å². The summed E-state index contributed by atoms with van der Waals surface area (Å²) in [4.78, 5) is 12.9. The fourth-order valence-corrected chi connectivity index (χ4v) is 3.23.